The van der Waals surface area contributed by atoms with Crippen LogP contribution in [-0.4, -0.2) is 144 Å². The lowest BCUT2D eigenvalue weighted by atomic mass is 9.99. The molecule has 4 fully saturated rings. The van der Waals surface area contributed by atoms with E-state index in [1.54, 1.807) is 9.80 Å². The van der Waals surface area contributed by atoms with Crippen molar-refractivity contribution in [3.05, 3.63) is 0 Å². The molecular weight excluding hydrogens is 1020 g/mol. The van der Waals surface area contributed by atoms with Crippen LogP contribution < -0.4 is 0 Å². The van der Waals surface area contributed by atoms with E-state index in [0.717, 1.165) is 90.4 Å². The fourth-order valence-corrected chi connectivity index (χ4v) is 10.4. The van der Waals surface area contributed by atoms with Crippen molar-refractivity contribution in [2.45, 2.75) is 275 Å². The second-order valence-corrected chi connectivity index (χ2v) is 24.3. The van der Waals surface area contributed by atoms with Crippen molar-refractivity contribution in [2.24, 2.45) is 35.5 Å². The molecule has 0 aromatic heterocycles. The van der Waals surface area contributed by atoms with Crippen LogP contribution in [-0.2, 0) is 57.3 Å². The van der Waals surface area contributed by atoms with Crippen LogP contribution in [0, 0.1) is 35.5 Å². The number of rotatable bonds is 34. The van der Waals surface area contributed by atoms with Crippen molar-refractivity contribution < 1.29 is 57.3 Å². The molecule has 7 unspecified atom stereocenters. The van der Waals surface area contributed by atoms with Gasteiger partial charge in [-0.2, -0.15) is 0 Å². The largest absolute Gasteiger partial charge is 0.463 e. The number of amides is 4. The molecule has 16 heteroatoms. The van der Waals surface area contributed by atoms with Crippen LogP contribution in [0.3, 0.4) is 0 Å². The highest BCUT2D eigenvalue weighted by Gasteiger charge is 2.39. The number of likely N-dealkylation sites (tertiary alicyclic amines) is 4. The van der Waals surface area contributed by atoms with Crippen molar-refractivity contribution in [3.8, 4) is 0 Å². The van der Waals surface area contributed by atoms with E-state index in [9.17, 15) is 38.4 Å². The Morgan fingerprint density at radius 1 is 0.400 bits per heavy atom. The Bertz CT molecular complexity index is 1790. The average molecular weight is 1130 g/mol. The second kappa shape index (κ2) is 42.6. The van der Waals surface area contributed by atoms with Gasteiger partial charge < -0.3 is 38.5 Å². The first kappa shape index (κ1) is 73.8. The molecule has 4 saturated heterocycles. The molecule has 0 aliphatic carbocycles. The molecule has 0 radical (unpaired) electrons. The Balaban J connectivity index is 0.000000534. The molecule has 0 saturated carbocycles. The first-order chi connectivity index (χ1) is 38.0. The van der Waals surface area contributed by atoms with Crippen molar-refractivity contribution in [2.75, 3.05) is 52.4 Å². The molecule has 4 aliphatic heterocycles. The normalized spacial score (nSPS) is 20.1. The van der Waals surface area contributed by atoms with E-state index in [0.29, 0.717) is 63.7 Å². The van der Waals surface area contributed by atoms with Gasteiger partial charge in [-0.1, -0.05) is 139 Å². The Morgan fingerprint density at radius 3 is 1.12 bits per heavy atom. The SMILES string of the molecule is CCCCC(CC)CN1CC(C(=O)OC(C)C)CC1=O.CCCCCCC(C)OC(=O)C1CC(=O)N(CCCC)C1.CCCCCCCCN1CC(C(=O)OC(C)C)CC1=O.CCCCN1CC(C(=O)OC(C)CC(C)C)CC1=O. The summed E-state index contributed by atoms with van der Waals surface area (Å²) < 4.78 is 21.3. The van der Waals surface area contributed by atoms with E-state index in [2.05, 4.69) is 55.4 Å². The van der Waals surface area contributed by atoms with E-state index >= 15 is 0 Å². The molecule has 0 aromatic carbocycles. The first-order valence-electron chi connectivity index (χ1n) is 32.0. The summed E-state index contributed by atoms with van der Waals surface area (Å²) in [5.41, 5.74) is 0. The molecule has 4 amide bonds. The third-order valence-corrected chi connectivity index (χ3v) is 15.2. The summed E-state index contributed by atoms with van der Waals surface area (Å²) in [4.78, 5) is 103. The van der Waals surface area contributed by atoms with Gasteiger partial charge in [0, 0.05) is 78.0 Å². The number of hydrogen-bond donors (Lipinski definition) is 0. The summed E-state index contributed by atoms with van der Waals surface area (Å²) in [5.74, 6) is -0.442. The van der Waals surface area contributed by atoms with Crippen molar-refractivity contribution in [1.29, 1.82) is 0 Å². The van der Waals surface area contributed by atoms with Gasteiger partial charge in [0.2, 0.25) is 23.6 Å². The van der Waals surface area contributed by atoms with E-state index < -0.39 is 0 Å². The minimum absolute atomic E-state index is 0.0332. The molecular formula is C64H116N4O12. The lowest BCUT2D eigenvalue weighted by Gasteiger charge is -2.23. The summed E-state index contributed by atoms with van der Waals surface area (Å²) >= 11 is 0. The number of hydrogen-bond acceptors (Lipinski definition) is 12. The Hall–Kier alpha value is -4.24. The third kappa shape index (κ3) is 31.3. The Kier molecular flexibility index (Phi) is 39.2. The van der Waals surface area contributed by atoms with Gasteiger partial charge in [0.25, 0.3) is 0 Å². The number of carbonyl (C=O) groups excluding carboxylic acids is 8. The minimum atomic E-state index is -0.270. The zero-order chi connectivity index (χ0) is 60.2. The van der Waals surface area contributed by atoms with Crippen LogP contribution in [0.15, 0.2) is 0 Å². The Labute approximate surface area is 486 Å². The fourth-order valence-electron chi connectivity index (χ4n) is 10.4. The van der Waals surface area contributed by atoms with E-state index in [4.69, 9.17) is 18.9 Å². The quantitative estimate of drug-likeness (QED) is 0.0338. The summed E-state index contributed by atoms with van der Waals surface area (Å²) in [7, 11) is 0. The molecule has 0 aromatic rings. The molecule has 0 spiro atoms. The standard InChI is InChI=1S/C17H31NO3.2C16H29NO3.C15H27NO3/c1-4-6-8-9-10-14(3)21-17(20)15-12-16(19)18(13-15)11-7-5-2;1-5-7-8-13(6-2)10-17-11-14(9-15(17)18)16(19)20-12(3)4;1-4-5-6-7-8-9-10-17-12-14(11-15(17)18)16(19)20-13(2)3;1-5-6-7-16-10-13(9-14(16)17)15(18)19-12(4)8-11(2)3/h14-15H,4-13H2,1-3H3;12-14H,5-11H2,1-4H3;13-14H,4-12H2,1-3H3;11-13H,5-10H2,1-4H3. The number of ether oxygens (including phenoxy) is 4. The van der Waals surface area contributed by atoms with Crippen LogP contribution in [0.1, 0.15) is 251 Å². The topological polar surface area (TPSA) is 186 Å². The number of esters is 4. The molecule has 80 heavy (non-hydrogen) atoms. The van der Waals surface area contributed by atoms with Crippen molar-refractivity contribution >= 4 is 47.5 Å². The van der Waals surface area contributed by atoms with Crippen molar-refractivity contribution in [3.63, 3.8) is 0 Å². The first-order valence-corrected chi connectivity index (χ1v) is 32.0. The lowest BCUT2D eigenvalue weighted by molar-refractivity contribution is -0.154. The highest BCUT2D eigenvalue weighted by Crippen LogP contribution is 2.26. The molecule has 7 atom stereocenters. The van der Waals surface area contributed by atoms with Crippen LogP contribution >= 0.6 is 0 Å². The predicted octanol–water partition coefficient (Wildman–Crippen LogP) is 12.3. The summed E-state index contributed by atoms with van der Waals surface area (Å²) in [5, 5.41) is 0. The number of nitrogens with zero attached hydrogens (tertiary/aromatic N) is 4. The molecule has 4 aliphatic rings. The maximum atomic E-state index is 12.1. The smallest absolute Gasteiger partial charge is 0.311 e. The summed E-state index contributed by atoms with van der Waals surface area (Å²) in [6.45, 7) is 33.7. The van der Waals surface area contributed by atoms with Gasteiger partial charge in [0.1, 0.15) is 0 Å². The van der Waals surface area contributed by atoms with Crippen LogP contribution in [0.2, 0.25) is 0 Å². The number of unbranched alkanes of at least 4 members (excludes halogenated alkanes) is 11. The lowest BCUT2D eigenvalue weighted by Crippen LogP contribution is -2.32. The van der Waals surface area contributed by atoms with E-state index in [-0.39, 0.29) is 95.6 Å². The zero-order valence-electron chi connectivity index (χ0n) is 53.1. The van der Waals surface area contributed by atoms with Gasteiger partial charge in [0.15, 0.2) is 0 Å². The summed E-state index contributed by atoms with van der Waals surface area (Å²) in [6.07, 6.45) is 23.6. The molecule has 0 N–H and O–H groups in total. The summed E-state index contributed by atoms with van der Waals surface area (Å²) in [6, 6.07) is 0. The maximum Gasteiger partial charge on any atom is 0.311 e. The molecule has 4 rings (SSSR count). The molecule has 0 bridgehead atoms. The van der Waals surface area contributed by atoms with Gasteiger partial charge in [-0.05, 0) is 98.3 Å². The van der Waals surface area contributed by atoms with Gasteiger partial charge in [-0.25, -0.2) is 0 Å². The van der Waals surface area contributed by atoms with Crippen LogP contribution in [0.4, 0.5) is 0 Å². The third-order valence-electron chi connectivity index (χ3n) is 15.2. The van der Waals surface area contributed by atoms with Gasteiger partial charge >= 0.3 is 23.9 Å². The zero-order valence-corrected chi connectivity index (χ0v) is 53.1. The highest BCUT2D eigenvalue weighted by atomic mass is 16.6. The second-order valence-electron chi connectivity index (χ2n) is 24.3. The average Bonchev–Trinajstić information content (AvgIpc) is 4.18. The van der Waals surface area contributed by atoms with E-state index in [1.807, 2.05) is 51.3 Å². The minimum Gasteiger partial charge on any atom is -0.463 e. The monoisotopic (exact) mass is 1130 g/mol. The van der Waals surface area contributed by atoms with Crippen LogP contribution in [0.5, 0.6) is 0 Å². The molecule has 4 heterocycles. The van der Waals surface area contributed by atoms with Crippen molar-refractivity contribution in [1.82, 2.24) is 19.6 Å². The van der Waals surface area contributed by atoms with E-state index in [1.165, 1.54) is 64.2 Å². The van der Waals surface area contributed by atoms with Gasteiger partial charge in [-0.3, -0.25) is 38.4 Å². The number of carbonyl (C=O) groups is 8. The maximum absolute atomic E-state index is 12.1. The molecule has 16 nitrogen and oxygen atoms in total. The van der Waals surface area contributed by atoms with Gasteiger partial charge in [0.05, 0.1) is 48.1 Å². The Morgan fingerprint density at radius 2 is 0.738 bits per heavy atom. The fraction of sp³-hybridized carbons (Fsp3) is 0.875. The van der Waals surface area contributed by atoms with Gasteiger partial charge in [-0.15, -0.1) is 0 Å². The highest BCUT2D eigenvalue weighted by molar-refractivity contribution is 5.89. The molecule has 464 valence electrons. The predicted molar refractivity (Wildman–Crippen MR) is 317 cm³/mol. The van der Waals surface area contributed by atoms with Crippen LogP contribution in [0.25, 0.3) is 0 Å².